The molecule has 0 radical (unpaired) electrons. The topological polar surface area (TPSA) is 26.3 Å². The van der Waals surface area contributed by atoms with Gasteiger partial charge in [0.15, 0.2) is 0 Å². The molecule has 0 saturated heterocycles. The summed E-state index contributed by atoms with van der Waals surface area (Å²) in [6, 6.07) is 8.00. The molecule has 2 nitrogen and oxygen atoms in total. The molecule has 0 aromatic heterocycles. The molecule has 1 rings (SSSR count). The summed E-state index contributed by atoms with van der Waals surface area (Å²) < 4.78 is 4.81. The summed E-state index contributed by atoms with van der Waals surface area (Å²) in [7, 11) is 0. The lowest BCUT2D eigenvalue weighted by molar-refractivity contribution is -0.142. The molecule has 16 heavy (non-hydrogen) atoms. The summed E-state index contributed by atoms with van der Waals surface area (Å²) in [5.74, 6) is 5.81. The molecule has 0 atom stereocenters. The lowest BCUT2D eigenvalue weighted by Crippen LogP contribution is -2.02. The van der Waals surface area contributed by atoms with Gasteiger partial charge in [-0.2, -0.15) is 0 Å². The SMILES string of the molecule is CCOC(=O)CCC#Cc1cccc(C)c1. The molecular formula is C14H16O2. The Balaban J connectivity index is 2.41. The Labute approximate surface area is 96.6 Å². The molecule has 0 unspecified atom stereocenters. The number of carbonyl (C=O) groups is 1. The number of benzene rings is 1. The van der Waals surface area contributed by atoms with Crippen molar-refractivity contribution in [3.63, 3.8) is 0 Å². The van der Waals surface area contributed by atoms with E-state index in [0.29, 0.717) is 19.4 Å². The minimum absolute atomic E-state index is 0.180. The average Bonchev–Trinajstić information content (AvgIpc) is 2.25. The van der Waals surface area contributed by atoms with E-state index in [4.69, 9.17) is 4.74 Å². The highest BCUT2D eigenvalue weighted by atomic mass is 16.5. The molecule has 0 fully saturated rings. The molecule has 0 spiro atoms. The van der Waals surface area contributed by atoms with Gasteiger partial charge in [0.05, 0.1) is 13.0 Å². The van der Waals surface area contributed by atoms with Crippen molar-refractivity contribution in [3.8, 4) is 11.8 Å². The summed E-state index contributed by atoms with van der Waals surface area (Å²) in [5, 5.41) is 0. The van der Waals surface area contributed by atoms with Gasteiger partial charge in [-0.05, 0) is 31.5 Å². The second-order valence-electron chi connectivity index (χ2n) is 3.48. The predicted octanol–water partition coefficient (Wildman–Crippen LogP) is 2.69. The summed E-state index contributed by atoms with van der Waals surface area (Å²) >= 11 is 0. The molecule has 0 bridgehead atoms. The Morgan fingerprint density at radius 2 is 2.25 bits per heavy atom. The number of ether oxygens (including phenoxy) is 1. The highest BCUT2D eigenvalue weighted by Crippen LogP contribution is 2.02. The summed E-state index contributed by atoms with van der Waals surface area (Å²) in [6.07, 6.45) is 0.916. The van der Waals surface area contributed by atoms with Crippen LogP contribution < -0.4 is 0 Å². The fourth-order valence-corrected chi connectivity index (χ4v) is 1.29. The zero-order chi connectivity index (χ0) is 11.8. The zero-order valence-corrected chi connectivity index (χ0v) is 9.75. The molecule has 0 aliphatic heterocycles. The fraction of sp³-hybridized carbons (Fsp3) is 0.357. The largest absolute Gasteiger partial charge is 0.466 e. The van der Waals surface area contributed by atoms with Gasteiger partial charge in [0.2, 0.25) is 0 Å². The van der Waals surface area contributed by atoms with Crippen molar-refractivity contribution in [2.45, 2.75) is 26.7 Å². The fourth-order valence-electron chi connectivity index (χ4n) is 1.29. The van der Waals surface area contributed by atoms with Gasteiger partial charge in [0.25, 0.3) is 0 Å². The Bertz CT molecular complexity index is 410. The second kappa shape index (κ2) is 6.68. The first-order valence-electron chi connectivity index (χ1n) is 5.43. The van der Waals surface area contributed by atoms with Gasteiger partial charge in [0, 0.05) is 12.0 Å². The molecule has 0 heterocycles. The minimum Gasteiger partial charge on any atom is -0.466 e. The van der Waals surface area contributed by atoms with Crippen LogP contribution in [0.3, 0.4) is 0 Å². The van der Waals surface area contributed by atoms with E-state index in [2.05, 4.69) is 11.8 Å². The Morgan fingerprint density at radius 1 is 1.44 bits per heavy atom. The molecule has 0 N–H and O–H groups in total. The van der Waals surface area contributed by atoms with Crippen molar-refractivity contribution in [3.05, 3.63) is 35.4 Å². The third-order valence-electron chi connectivity index (χ3n) is 2.01. The van der Waals surface area contributed by atoms with Gasteiger partial charge >= 0.3 is 5.97 Å². The van der Waals surface area contributed by atoms with Crippen LogP contribution in [0.25, 0.3) is 0 Å². The molecule has 1 aromatic carbocycles. The maximum atomic E-state index is 11.0. The van der Waals surface area contributed by atoms with Crippen LogP contribution >= 0.6 is 0 Å². The number of hydrogen-bond donors (Lipinski definition) is 0. The third-order valence-corrected chi connectivity index (χ3v) is 2.01. The van der Waals surface area contributed by atoms with E-state index in [1.165, 1.54) is 5.56 Å². The normalized spacial score (nSPS) is 9.12. The molecule has 0 aliphatic rings. The average molecular weight is 216 g/mol. The van der Waals surface area contributed by atoms with Gasteiger partial charge in [0.1, 0.15) is 0 Å². The smallest absolute Gasteiger partial charge is 0.306 e. The molecule has 0 aliphatic carbocycles. The van der Waals surface area contributed by atoms with Crippen LogP contribution in [0.2, 0.25) is 0 Å². The lowest BCUT2D eigenvalue weighted by Gasteiger charge is -1.97. The quantitative estimate of drug-likeness (QED) is 0.573. The maximum absolute atomic E-state index is 11.0. The van der Waals surface area contributed by atoms with Gasteiger partial charge in [-0.3, -0.25) is 4.79 Å². The van der Waals surface area contributed by atoms with E-state index < -0.39 is 0 Å². The van der Waals surface area contributed by atoms with Crippen molar-refractivity contribution in [2.24, 2.45) is 0 Å². The summed E-state index contributed by atoms with van der Waals surface area (Å²) in [4.78, 5) is 11.0. The number of carbonyl (C=O) groups excluding carboxylic acids is 1. The van der Waals surface area contributed by atoms with Crippen LogP contribution in [0.4, 0.5) is 0 Å². The number of esters is 1. The van der Waals surface area contributed by atoms with Crippen LogP contribution in [0, 0.1) is 18.8 Å². The number of rotatable bonds is 3. The first-order valence-corrected chi connectivity index (χ1v) is 5.43. The van der Waals surface area contributed by atoms with Gasteiger partial charge < -0.3 is 4.74 Å². The van der Waals surface area contributed by atoms with Crippen LogP contribution in [0.5, 0.6) is 0 Å². The zero-order valence-electron chi connectivity index (χ0n) is 9.75. The van der Waals surface area contributed by atoms with Crippen molar-refractivity contribution >= 4 is 5.97 Å². The first-order chi connectivity index (χ1) is 7.72. The number of hydrogen-bond acceptors (Lipinski definition) is 2. The molecular weight excluding hydrogens is 200 g/mol. The second-order valence-corrected chi connectivity index (χ2v) is 3.48. The van der Waals surface area contributed by atoms with Crippen molar-refractivity contribution < 1.29 is 9.53 Å². The summed E-state index contributed by atoms with van der Waals surface area (Å²) in [5.41, 5.74) is 2.18. The Hall–Kier alpha value is -1.75. The van der Waals surface area contributed by atoms with E-state index >= 15 is 0 Å². The standard InChI is InChI=1S/C14H16O2/c1-3-16-14(15)10-5-4-8-13-9-6-7-12(2)11-13/h6-7,9,11H,3,5,10H2,1-2H3. The first kappa shape index (κ1) is 12.3. The monoisotopic (exact) mass is 216 g/mol. The summed E-state index contributed by atoms with van der Waals surface area (Å²) in [6.45, 7) is 4.27. The van der Waals surface area contributed by atoms with E-state index in [1.54, 1.807) is 6.92 Å². The van der Waals surface area contributed by atoms with Crippen molar-refractivity contribution in [2.75, 3.05) is 6.61 Å². The molecule has 1 aromatic rings. The van der Waals surface area contributed by atoms with Crippen molar-refractivity contribution in [1.29, 1.82) is 0 Å². The van der Waals surface area contributed by atoms with E-state index in [0.717, 1.165) is 5.56 Å². The van der Waals surface area contributed by atoms with Crippen LogP contribution in [0.1, 0.15) is 30.9 Å². The highest BCUT2D eigenvalue weighted by molar-refractivity contribution is 5.69. The molecule has 0 amide bonds. The van der Waals surface area contributed by atoms with E-state index in [1.807, 2.05) is 31.2 Å². The van der Waals surface area contributed by atoms with Gasteiger partial charge in [-0.25, -0.2) is 0 Å². The van der Waals surface area contributed by atoms with Crippen LogP contribution in [0.15, 0.2) is 24.3 Å². The van der Waals surface area contributed by atoms with Crippen LogP contribution in [-0.4, -0.2) is 12.6 Å². The van der Waals surface area contributed by atoms with E-state index in [9.17, 15) is 4.79 Å². The molecule has 84 valence electrons. The third kappa shape index (κ3) is 4.65. The minimum atomic E-state index is -0.180. The van der Waals surface area contributed by atoms with Gasteiger partial charge in [-0.15, -0.1) is 0 Å². The van der Waals surface area contributed by atoms with Crippen LogP contribution in [-0.2, 0) is 9.53 Å². The lowest BCUT2D eigenvalue weighted by atomic mass is 10.1. The Morgan fingerprint density at radius 3 is 2.94 bits per heavy atom. The van der Waals surface area contributed by atoms with Gasteiger partial charge in [-0.1, -0.05) is 24.0 Å². The predicted molar refractivity (Wildman–Crippen MR) is 63.9 cm³/mol. The highest BCUT2D eigenvalue weighted by Gasteiger charge is 1.97. The van der Waals surface area contributed by atoms with E-state index in [-0.39, 0.29) is 5.97 Å². The molecule has 0 saturated carbocycles. The van der Waals surface area contributed by atoms with Crippen molar-refractivity contribution in [1.82, 2.24) is 0 Å². The maximum Gasteiger partial charge on any atom is 0.306 e. The number of aryl methyl sites for hydroxylation is 1. The Kier molecular flexibility index (Phi) is 5.15. The molecule has 2 heteroatoms.